The van der Waals surface area contributed by atoms with E-state index in [1.54, 1.807) is 17.5 Å². The van der Waals surface area contributed by atoms with Crippen LogP contribution in [-0.2, 0) is 9.84 Å². The molecule has 0 amide bonds. The van der Waals surface area contributed by atoms with Gasteiger partial charge in [-0.1, -0.05) is 6.07 Å². The quantitative estimate of drug-likeness (QED) is 0.856. The molecule has 0 bridgehead atoms. The van der Waals surface area contributed by atoms with Crippen LogP contribution in [-0.4, -0.2) is 51.8 Å². The van der Waals surface area contributed by atoms with E-state index >= 15 is 0 Å². The van der Waals surface area contributed by atoms with Crippen molar-refractivity contribution in [1.29, 1.82) is 0 Å². The number of nitrogens with zero attached hydrogens (tertiary/aromatic N) is 1. The summed E-state index contributed by atoms with van der Waals surface area (Å²) in [4.78, 5) is 2.11. The van der Waals surface area contributed by atoms with Crippen LogP contribution >= 0.6 is 11.3 Å². The Morgan fingerprint density at radius 2 is 2.44 bits per heavy atom. The second kappa shape index (κ2) is 4.83. The van der Waals surface area contributed by atoms with Crippen molar-refractivity contribution in [3.63, 3.8) is 0 Å². The highest BCUT2D eigenvalue weighted by atomic mass is 32.2. The van der Waals surface area contributed by atoms with Gasteiger partial charge >= 0.3 is 0 Å². The van der Waals surface area contributed by atoms with Crippen molar-refractivity contribution >= 4 is 21.2 Å². The van der Waals surface area contributed by atoms with Crippen LogP contribution < -0.4 is 5.32 Å². The Morgan fingerprint density at radius 3 is 3.06 bits per heavy atom. The number of thiophene rings is 1. The van der Waals surface area contributed by atoms with Gasteiger partial charge in [0, 0.05) is 25.7 Å². The van der Waals surface area contributed by atoms with Crippen molar-refractivity contribution in [2.75, 3.05) is 32.4 Å². The Kier molecular flexibility index (Phi) is 3.63. The lowest BCUT2D eigenvalue weighted by Crippen LogP contribution is -2.52. The Bertz CT molecular complexity index is 428. The zero-order valence-electron chi connectivity index (χ0n) is 9.22. The Morgan fingerprint density at radius 1 is 1.62 bits per heavy atom. The van der Waals surface area contributed by atoms with Gasteiger partial charge in [0.05, 0.1) is 5.75 Å². The molecular weight excluding hydrogens is 244 g/mol. The summed E-state index contributed by atoms with van der Waals surface area (Å²) < 4.78 is 24.6. The minimum Gasteiger partial charge on any atom is -0.314 e. The van der Waals surface area contributed by atoms with Crippen molar-refractivity contribution < 1.29 is 8.42 Å². The smallest absolute Gasteiger partial charge is 0.189 e. The van der Waals surface area contributed by atoms with Gasteiger partial charge in [0.1, 0.15) is 4.21 Å². The number of likely N-dealkylation sites (N-methyl/N-ethyl adjacent to an activating group) is 1. The van der Waals surface area contributed by atoms with E-state index in [2.05, 4.69) is 10.2 Å². The molecule has 6 heteroatoms. The van der Waals surface area contributed by atoms with Gasteiger partial charge < -0.3 is 5.32 Å². The van der Waals surface area contributed by atoms with Gasteiger partial charge in [0.15, 0.2) is 9.84 Å². The lowest BCUT2D eigenvalue weighted by atomic mass is 10.2. The molecule has 1 saturated heterocycles. The minimum atomic E-state index is -3.11. The molecule has 1 aromatic heterocycles. The van der Waals surface area contributed by atoms with Crippen molar-refractivity contribution in [2.24, 2.45) is 0 Å². The van der Waals surface area contributed by atoms with Crippen LogP contribution in [0.1, 0.15) is 0 Å². The topological polar surface area (TPSA) is 49.4 Å². The van der Waals surface area contributed by atoms with E-state index in [1.807, 2.05) is 7.05 Å². The lowest BCUT2D eigenvalue weighted by molar-refractivity contribution is 0.216. The summed E-state index contributed by atoms with van der Waals surface area (Å²) in [6.07, 6.45) is 0. The molecule has 90 valence electrons. The van der Waals surface area contributed by atoms with E-state index in [9.17, 15) is 8.42 Å². The highest BCUT2D eigenvalue weighted by Crippen LogP contribution is 2.19. The molecule has 16 heavy (non-hydrogen) atoms. The zero-order valence-corrected chi connectivity index (χ0v) is 10.9. The molecule has 0 saturated carbocycles. The molecule has 1 aliphatic rings. The van der Waals surface area contributed by atoms with Crippen LogP contribution in [0.25, 0.3) is 0 Å². The average molecular weight is 260 g/mol. The average Bonchev–Trinajstić information content (AvgIpc) is 2.75. The summed E-state index contributed by atoms with van der Waals surface area (Å²) in [6, 6.07) is 3.54. The number of piperazine rings is 1. The van der Waals surface area contributed by atoms with E-state index in [1.165, 1.54) is 11.3 Å². The SMILES string of the molecule is CN1CCNCC1CS(=O)(=O)c1cccs1. The van der Waals surface area contributed by atoms with Crippen molar-refractivity contribution in [1.82, 2.24) is 10.2 Å². The summed E-state index contributed by atoms with van der Waals surface area (Å²) in [5.74, 6) is 0.205. The summed E-state index contributed by atoms with van der Waals surface area (Å²) in [6.45, 7) is 2.60. The number of hydrogen-bond donors (Lipinski definition) is 1. The second-order valence-electron chi connectivity index (χ2n) is 4.05. The van der Waals surface area contributed by atoms with Gasteiger partial charge in [-0.15, -0.1) is 11.3 Å². The molecule has 4 nitrogen and oxygen atoms in total. The number of hydrogen-bond acceptors (Lipinski definition) is 5. The number of sulfone groups is 1. The molecule has 0 radical (unpaired) electrons. The molecule has 1 N–H and O–H groups in total. The summed E-state index contributed by atoms with van der Waals surface area (Å²) >= 11 is 1.29. The monoisotopic (exact) mass is 260 g/mol. The molecule has 0 aliphatic carbocycles. The first-order valence-electron chi connectivity index (χ1n) is 5.27. The molecule has 2 rings (SSSR count). The fourth-order valence-corrected chi connectivity index (χ4v) is 4.56. The minimum absolute atomic E-state index is 0.0841. The molecule has 0 spiro atoms. The maximum atomic E-state index is 12.1. The van der Waals surface area contributed by atoms with Crippen molar-refractivity contribution in [3.8, 4) is 0 Å². The standard InChI is InChI=1S/C10H16N2O2S2/c1-12-5-4-11-7-9(12)8-16(13,14)10-3-2-6-15-10/h2-3,6,9,11H,4-5,7-8H2,1H3. The predicted molar refractivity (Wildman–Crippen MR) is 65.7 cm³/mol. The van der Waals surface area contributed by atoms with Gasteiger partial charge in [-0.05, 0) is 18.5 Å². The molecule has 0 aromatic carbocycles. The first-order valence-corrected chi connectivity index (χ1v) is 7.80. The first kappa shape index (κ1) is 12.0. The summed E-state index contributed by atoms with van der Waals surface area (Å²) in [5, 5.41) is 5.03. The number of rotatable bonds is 3. The Hall–Kier alpha value is -0.430. The fraction of sp³-hybridized carbons (Fsp3) is 0.600. The van der Waals surface area contributed by atoms with E-state index in [0.29, 0.717) is 4.21 Å². The first-order chi connectivity index (χ1) is 7.59. The van der Waals surface area contributed by atoms with Crippen LogP contribution in [0.5, 0.6) is 0 Å². The highest BCUT2D eigenvalue weighted by Gasteiger charge is 2.26. The molecular formula is C10H16N2O2S2. The third kappa shape index (κ3) is 2.63. The maximum absolute atomic E-state index is 12.1. The molecule has 1 atom stereocenters. The van der Waals surface area contributed by atoms with Crippen LogP contribution in [0.4, 0.5) is 0 Å². The lowest BCUT2D eigenvalue weighted by Gasteiger charge is -2.32. The van der Waals surface area contributed by atoms with E-state index in [0.717, 1.165) is 19.6 Å². The predicted octanol–water partition coefficient (Wildman–Crippen LogP) is 0.425. The van der Waals surface area contributed by atoms with Gasteiger partial charge in [-0.3, -0.25) is 4.90 Å². The number of nitrogens with one attached hydrogen (secondary N) is 1. The largest absolute Gasteiger partial charge is 0.314 e. The fourth-order valence-electron chi connectivity index (χ4n) is 1.82. The van der Waals surface area contributed by atoms with Gasteiger partial charge in [-0.25, -0.2) is 8.42 Å². The van der Waals surface area contributed by atoms with E-state index in [4.69, 9.17) is 0 Å². The zero-order chi connectivity index (χ0) is 11.6. The van der Waals surface area contributed by atoms with Gasteiger partial charge in [-0.2, -0.15) is 0 Å². The summed E-state index contributed by atoms with van der Waals surface area (Å²) in [7, 11) is -1.13. The second-order valence-corrected chi connectivity index (χ2v) is 7.26. The van der Waals surface area contributed by atoms with Crippen LogP contribution in [0.3, 0.4) is 0 Å². The normalized spacial score (nSPS) is 23.4. The van der Waals surface area contributed by atoms with E-state index < -0.39 is 9.84 Å². The molecule has 2 heterocycles. The van der Waals surface area contributed by atoms with Gasteiger partial charge in [0.25, 0.3) is 0 Å². The van der Waals surface area contributed by atoms with Crippen LogP contribution in [0.2, 0.25) is 0 Å². The van der Waals surface area contributed by atoms with Crippen molar-refractivity contribution in [2.45, 2.75) is 10.3 Å². The maximum Gasteiger partial charge on any atom is 0.189 e. The Balaban J connectivity index is 2.09. The molecule has 1 unspecified atom stereocenters. The van der Waals surface area contributed by atoms with Crippen LogP contribution in [0, 0.1) is 0 Å². The molecule has 1 fully saturated rings. The van der Waals surface area contributed by atoms with E-state index in [-0.39, 0.29) is 11.8 Å². The third-order valence-corrected chi connectivity index (χ3v) is 6.14. The summed E-state index contributed by atoms with van der Waals surface area (Å²) in [5.41, 5.74) is 0. The third-order valence-electron chi connectivity index (χ3n) is 2.86. The van der Waals surface area contributed by atoms with Crippen LogP contribution in [0.15, 0.2) is 21.7 Å². The van der Waals surface area contributed by atoms with Crippen molar-refractivity contribution in [3.05, 3.63) is 17.5 Å². The highest BCUT2D eigenvalue weighted by molar-refractivity contribution is 7.93. The molecule has 1 aromatic rings. The molecule has 1 aliphatic heterocycles. The Labute approximate surface area is 100 Å². The van der Waals surface area contributed by atoms with Gasteiger partial charge in [0.2, 0.25) is 0 Å².